The predicted molar refractivity (Wildman–Crippen MR) is 97.0 cm³/mol. The molecule has 1 aromatic carbocycles. The van der Waals surface area contributed by atoms with Crippen molar-refractivity contribution in [3.63, 3.8) is 0 Å². The van der Waals surface area contributed by atoms with E-state index in [1.54, 1.807) is 18.2 Å². The topological polar surface area (TPSA) is 60.9 Å². The molecule has 0 atom stereocenters. The lowest BCUT2D eigenvalue weighted by Gasteiger charge is -2.37. The van der Waals surface area contributed by atoms with Gasteiger partial charge < -0.3 is 9.80 Å². The zero-order chi connectivity index (χ0) is 18.0. The van der Waals surface area contributed by atoms with Crippen LogP contribution in [0.3, 0.4) is 0 Å². The molecule has 2 aliphatic rings. The molecule has 0 spiro atoms. The van der Waals surface area contributed by atoms with Crippen LogP contribution in [0.25, 0.3) is 0 Å². The van der Waals surface area contributed by atoms with E-state index in [0.29, 0.717) is 31.0 Å². The first-order chi connectivity index (χ1) is 11.9. The fourth-order valence-corrected chi connectivity index (χ4v) is 5.18. The summed E-state index contributed by atoms with van der Waals surface area (Å²) in [4.78, 5) is 17.0. The van der Waals surface area contributed by atoms with Crippen LogP contribution in [-0.2, 0) is 14.8 Å². The number of carbonyl (C=O) groups is 1. The van der Waals surface area contributed by atoms with Gasteiger partial charge in [-0.15, -0.1) is 0 Å². The van der Waals surface area contributed by atoms with Crippen molar-refractivity contribution in [2.24, 2.45) is 5.92 Å². The first-order valence-corrected chi connectivity index (χ1v) is 10.4. The van der Waals surface area contributed by atoms with Gasteiger partial charge >= 0.3 is 0 Å². The average Bonchev–Trinajstić information content (AvgIpc) is 2.62. The van der Waals surface area contributed by atoms with Crippen molar-refractivity contribution in [1.82, 2.24) is 14.1 Å². The highest BCUT2D eigenvalue weighted by atomic mass is 35.5. The second-order valence-corrected chi connectivity index (χ2v) is 9.14. The third kappa shape index (κ3) is 4.16. The summed E-state index contributed by atoms with van der Waals surface area (Å²) in [7, 11) is -1.49. The summed E-state index contributed by atoms with van der Waals surface area (Å²) in [6, 6.07) is 6.32. The molecule has 6 nitrogen and oxygen atoms in total. The molecule has 0 N–H and O–H groups in total. The minimum absolute atomic E-state index is 0.0748. The number of halogens is 1. The molecule has 0 radical (unpaired) electrons. The van der Waals surface area contributed by atoms with Gasteiger partial charge in [-0.1, -0.05) is 17.7 Å². The van der Waals surface area contributed by atoms with E-state index in [1.807, 2.05) is 4.90 Å². The second kappa shape index (κ2) is 7.61. The molecule has 1 aromatic rings. The number of amides is 1. The molecule has 2 saturated heterocycles. The highest BCUT2D eigenvalue weighted by Gasteiger charge is 2.34. The van der Waals surface area contributed by atoms with Gasteiger partial charge in [-0.05, 0) is 38.1 Å². The van der Waals surface area contributed by atoms with Crippen LogP contribution >= 0.6 is 11.6 Å². The molecule has 0 aromatic heterocycles. The number of piperazine rings is 1. The molecular formula is C17H24ClN3O3S. The lowest BCUT2D eigenvalue weighted by atomic mass is 9.96. The van der Waals surface area contributed by atoms with Crippen molar-refractivity contribution >= 4 is 27.5 Å². The standard InChI is InChI=1S/C17H24ClN3O3S/c1-19-9-11-20(12-10-19)17(22)14-5-7-21(8-6-14)25(23,24)16-4-2-3-15(18)13-16/h2-4,13-14H,5-12H2,1H3. The number of carbonyl (C=O) groups excluding carboxylic acids is 1. The van der Waals surface area contributed by atoms with Crippen LogP contribution < -0.4 is 0 Å². The zero-order valence-electron chi connectivity index (χ0n) is 14.4. The van der Waals surface area contributed by atoms with Crippen molar-refractivity contribution in [3.8, 4) is 0 Å². The van der Waals surface area contributed by atoms with Gasteiger partial charge in [-0.25, -0.2) is 8.42 Å². The Morgan fingerprint density at radius 2 is 1.72 bits per heavy atom. The minimum atomic E-state index is -3.55. The summed E-state index contributed by atoms with van der Waals surface area (Å²) < 4.78 is 26.9. The number of piperidine rings is 1. The van der Waals surface area contributed by atoms with Gasteiger partial charge in [-0.3, -0.25) is 4.79 Å². The number of hydrogen-bond donors (Lipinski definition) is 0. The molecule has 8 heteroatoms. The fraction of sp³-hybridized carbons (Fsp3) is 0.588. The molecule has 0 saturated carbocycles. The van der Waals surface area contributed by atoms with Gasteiger partial charge in [0.15, 0.2) is 0 Å². The molecule has 138 valence electrons. The Bertz CT molecular complexity index is 724. The molecule has 25 heavy (non-hydrogen) atoms. The zero-order valence-corrected chi connectivity index (χ0v) is 16.0. The quantitative estimate of drug-likeness (QED) is 0.791. The fourth-order valence-electron chi connectivity index (χ4n) is 3.40. The third-order valence-electron chi connectivity index (χ3n) is 5.05. The number of likely N-dealkylation sites (N-methyl/N-ethyl adjacent to an activating group) is 1. The van der Waals surface area contributed by atoms with Crippen LogP contribution in [0.1, 0.15) is 12.8 Å². The SMILES string of the molecule is CN1CCN(C(=O)C2CCN(S(=O)(=O)c3cccc(Cl)c3)CC2)CC1. The van der Waals surface area contributed by atoms with Crippen LogP contribution in [0, 0.1) is 5.92 Å². The van der Waals surface area contributed by atoms with Crippen LogP contribution in [0.2, 0.25) is 5.02 Å². The monoisotopic (exact) mass is 385 g/mol. The Balaban J connectivity index is 1.61. The van der Waals surface area contributed by atoms with Crippen molar-refractivity contribution in [3.05, 3.63) is 29.3 Å². The first-order valence-electron chi connectivity index (χ1n) is 8.61. The predicted octanol–water partition coefficient (Wildman–Crippen LogP) is 1.51. The Labute approximate surface area is 154 Å². The maximum atomic E-state index is 12.7. The first kappa shape index (κ1) is 18.6. The van der Waals surface area contributed by atoms with Gasteiger partial charge in [0.1, 0.15) is 0 Å². The molecule has 0 unspecified atom stereocenters. The average molecular weight is 386 g/mol. The Morgan fingerprint density at radius 1 is 1.08 bits per heavy atom. The van der Waals surface area contributed by atoms with Crippen molar-refractivity contribution in [2.45, 2.75) is 17.7 Å². The van der Waals surface area contributed by atoms with Gasteiger partial charge in [0, 0.05) is 50.2 Å². The van der Waals surface area contributed by atoms with E-state index >= 15 is 0 Å². The van der Waals surface area contributed by atoms with Crippen LogP contribution in [0.5, 0.6) is 0 Å². The van der Waals surface area contributed by atoms with Gasteiger partial charge in [0.2, 0.25) is 15.9 Å². The van der Waals surface area contributed by atoms with Gasteiger partial charge in [-0.2, -0.15) is 4.31 Å². The third-order valence-corrected chi connectivity index (χ3v) is 7.18. The van der Waals surface area contributed by atoms with Crippen molar-refractivity contribution in [2.75, 3.05) is 46.3 Å². The molecule has 0 aliphatic carbocycles. The lowest BCUT2D eigenvalue weighted by molar-refractivity contribution is -0.138. The normalized spacial score (nSPS) is 21.4. The van der Waals surface area contributed by atoms with E-state index < -0.39 is 10.0 Å². The van der Waals surface area contributed by atoms with Crippen LogP contribution in [0.4, 0.5) is 0 Å². The minimum Gasteiger partial charge on any atom is -0.340 e. The highest BCUT2D eigenvalue weighted by Crippen LogP contribution is 2.26. The summed E-state index contributed by atoms with van der Waals surface area (Å²) in [6.07, 6.45) is 1.15. The highest BCUT2D eigenvalue weighted by molar-refractivity contribution is 7.89. The summed E-state index contributed by atoms with van der Waals surface area (Å²) >= 11 is 5.91. The van der Waals surface area contributed by atoms with Crippen molar-refractivity contribution in [1.29, 1.82) is 0 Å². The summed E-state index contributed by atoms with van der Waals surface area (Å²) in [5.41, 5.74) is 0. The van der Waals surface area contributed by atoms with Gasteiger partial charge in [0.05, 0.1) is 4.90 Å². The molecular weight excluding hydrogens is 362 g/mol. The maximum absolute atomic E-state index is 12.7. The number of sulfonamides is 1. The molecule has 2 fully saturated rings. The molecule has 2 heterocycles. The molecule has 2 aliphatic heterocycles. The summed E-state index contributed by atoms with van der Waals surface area (Å²) in [5, 5.41) is 0.404. The van der Waals surface area contributed by atoms with E-state index in [0.717, 1.165) is 26.2 Å². The number of rotatable bonds is 3. The van der Waals surface area contributed by atoms with E-state index in [1.165, 1.54) is 10.4 Å². The van der Waals surface area contributed by atoms with Crippen molar-refractivity contribution < 1.29 is 13.2 Å². The number of nitrogens with zero attached hydrogens (tertiary/aromatic N) is 3. The molecule has 3 rings (SSSR count). The maximum Gasteiger partial charge on any atom is 0.243 e. The van der Waals surface area contributed by atoms with Gasteiger partial charge in [0.25, 0.3) is 0 Å². The Hall–Kier alpha value is -1.15. The Kier molecular flexibility index (Phi) is 5.68. The number of benzene rings is 1. The van der Waals surface area contributed by atoms with E-state index in [2.05, 4.69) is 11.9 Å². The van der Waals surface area contributed by atoms with Crippen LogP contribution in [0.15, 0.2) is 29.2 Å². The van der Waals surface area contributed by atoms with E-state index in [4.69, 9.17) is 11.6 Å². The largest absolute Gasteiger partial charge is 0.340 e. The van der Waals surface area contributed by atoms with E-state index in [-0.39, 0.29) is 16.7 Å². The molecule has 0 bridgehead atoms. The molecule has 1 amide bonds. The van der Waals surface area contributed by atoms with Crippen LogP contribution in [-0.4, -0.2) is 74.7 Å². The number of hydrogen-bond acceptors (Lipinski definition) is 4. The second-order valence-electron chi connectivity index (χ2n) is 6.76. The van der Waals surface area contributed by atoms with E-state index in [9.17, 15) is 13.2 Å². The summed E-state index contributed by atoms with van der Waals surface area (Å²) in [6.45, 7) is 4.06. The lowest BCUT2D eigenvalue weighted by Crippen LogP contribution is -2.50. The summed E-state index contributed by atoms with van der Waals surface area (Å²) in [5.74, 6) is 0.0992. The Morgan fingerprint density at radius 3 is 2.32 bits per heavy atom. The smallest absolute Gasteiger partial charge is 0.243 e.